The zero-order chi connectivity index (χ0) is 7.82. The second-order valence-electron chi connectivity index (χ2n) is 1.71. The van der Waals surface area contributed by atoms with E-state index in [-0.39, 0.29) is 0 Å². The highest BCUT2D eigenvalue weighted by Crippen LogP contribution is 1.94. The Kier molecular flexibility index (Phi) is 8.18. The van der Waals surface area contributed by atoms with Crippen molar-refractivity contribution in [3.05, 3.63) is 0 Å². The Morgan fingerprint density at radius 3 is 2.50 bits per heavy atom. The molecule has 0 aromatic heterocycles. The van der Waals surface area contributed by atoms with Gasteiger partial charge in [-0.1, -0.05) is 0 Å². The smallest absolute Gasteiger partial charge is 0.128 e. The molecule has 1 unspecified atom stereocenters. The summed E-state index contributed by atoms with van der Waals surface area (Å²) in [5, 5.41) is 8.73. The number of rotatable bonds is 6. The van der Waals surface area contributed by atoms with Crippen molar-refractivity contribution in [2.45, 2.75) is 11.0 Å². The molecule has 0 spiro atoms. The first kappa shape index (κ1) is 10.6. The minimum atomic E-state index is -0.403. The molecule has 0 aliphatic rings. The SMILES string of the molecule is CCOCCOCC(O)I. The minimum Gasteiger partial charge on any atom is -0.380 e. The second-order valence-corrected chi connectivity index (χ2v) is 3.14. The fraction of sp³-hybridized carbons (Fsp3) is 1.00. The lowest BCUT2D eigenvalue weighted by Gasteiger charge is -2.04. The van der Waals surface area contributed by atoms with Crippen LogP contribution in [0.3, 0.4) is 0 Å². The molecular weight excluding hydrogens is 247 g/mol. The largest absolute Gasteiger partial charge is 0.380 e. The molecule has 1 atom stereocenters. The van der Waals surface area contributed by atoms with Crippen LogP contribution in [0.5, 0.6) is 0 Å². The van der Waals surface area contributed by atoms with Crippen LogP contribution in [0, 0.1) is 0 Å². The third-order valence-electron chi connectivity index (χ3n) is 0.832. The topological polar surface area (TPSA) is 38.7 Å². The van der Waals surface area contributed by atoms with E-state index in [1.807, 2.05) is 29.5 Å². The van der Waals surface area contributed by atoms with E-state index < -0.39 is 4.11 Å². The molecule has 0 aliphatic heterocycles. The maximum atomic E-state index is 8.73. The first-order chi connectivity index (χ1) is 4.77. The Hall–Kier alpha value is 0.610. The molecule has 0 aromatic carbocycles. The highest BCUT2D eigenvalue weighted by molar-refractivity contribution is 14.1. The van der Waals surface area contributed by atoms with E-state index in [0.29, 0.717) is 19.8 Å². The molecule has 0 fully saturated rings. The summed E-state index contributed by atoms with van der Waals surface area (Å²) in [6.45, 7) is 4.21. The average molecular weight is 260 g/mol. The maximum absolute atomic E-state index is 8.73. The Bertz CT molecular complexity index is 68.0. The summed E-state index contributed by atoms with van der Waals surface area (Å²) in [5.41, 5.74) is 0. The van der Waals surface area contributed by atoms with Gasteiger partial charge < -0.3 is 14.6 Å². The lowest BCUT2D eigenvalue weighted by molar-refractivity contribution is 0.0330. The van der Waals surface area contributed by atoms with Gasteiger partial charge in [-0.3, -0.25) is 0 Å². The molecule has 3 nitrogen and oxygen atoms in total. The standard InChI is InChI=1S/C6H13IO3/c1-2-9-3-4-10-5-6(7)8/h6,8H,2-5H2,1H3. The van der Waals surface area contributed by atoms with Crippen LogP contribution in [0.2, 0.25) is 0 Å². The summed E-state index contributed by atoms with van der Waals surface area (Å²) in [5.74, 6) is 0. The van der Waals surface area contributed by atoms with Crippen LogP contribution in [0.15, 0.2) is 0 Å². The number of halogens is 1. The zero-order valence-electron chi connectivity index (χ0n) is 6.05. The predicted octanol–water partition coefficient (Wildman–Crippen LogP) is 0.793. The van der Waals surface area contributed by atoms with Crippen LogP contribution in [0.25, 0.3) is 0 Å². The molecule has 0 saturated heterocycles. The number of aliphatic hydroxyl groups excluding tert-OH is 1. The Morgan fingerprint density at radius 2 is 2.00 bits per heavy atom. The number of alkyl halides is 1. The van der Waals surface area contributed by atoms with Crippen LogP contribution in [-0.4, -0.2) is 35.6 Å². The molecule has 62 valence electrons. The van der Waals surface area contributed by atoms with Crippen molar-refractivity contribution < 1.29 is 14.6 Å². The molecule has 1 N–H and O–H groups in total. The third kappa shape index (κ3) is 8.61. The highest BCUT2D eigenvalue weighted by atomic mass is 127. The minimum absolute atomic E-state index is 0.383. The Morgan fingerprint density at radius 1 is 1.40 bits per heavy atom. The number of hydrogen-bond acceptors (Lipinski definition) is 3. The summed E-state index contributed by atoms with van der Waals surface area (Å²) >= 11 is 1.89. The van der Waals surface area contributed by atoms with Crippen LogP contribution in [0.1, 0.15) is 6.92 Å². The number of ether oxygens (including phenoxy) is 2. The van der Waals surface area contributed by atoms with Crippen LogP contribution < -0.4 is 0 Å². The molecule has 0 aliphatic carbocycles. The van der Waals surface area contributed by atoms with Crippen molar-refractivity contribution in [2.24, 2.45) is 0 Å². The highest BCUT2D eigenvalue weighted by Gasteiger charge is 1.95. The molecule has 0 saturated carbocycles. The van der Waals surface area contributed by atoms with Crippen molar-refractivity contribution in [3.63, 3.8) is 0 Å². The van der Waals surface area contributed by atoms with Gasteiger partial charge in [0.05, 0.1) is 19.8 Å². The molecule has 0 heterocycles. The van der Waals surface area contributed by atoms with E-state index >= 15 is 0 Å². The van der Waals surface area contributed by atoms with Gasteiger partial charge in [-0.05, 0) is 29.5 Å². The van der Waals surface area contributed by atoms with Crippen LogP contribution in [0.4, 0.5) is 0 Å². The molecule has 10 heavy (non-hydrogen) atoms. The Balaban J connectivity index is 2.77. The first-order valence-corrected chi connectivity index (χ1v) is 4.49. The molecule has 0 radical (unpaired) electrons. The van der Waals surface area contributed by atoms with Gasteiger partial charge in [-0.15, -0.1) is 0 Å². The van der Waals surface area contributed by atoms with Gasteiger partial charge in [0.15, 0.2) is 0 Å². The van der Waals surface area contributed by atoms with Gasteiger partial charge in [-0.25, -0.2) is 0 Å². The number of aliphatic hydroxyl groups is 1. The monoisotopic (exact) mass is 260 g/mol. The molecule has 0 rings (SSSR count). The summed E-state index contributed by atoms with van der Waals surface area (Å²) < 4.78 is 9.62. The van der Waals surface area contributed by atoms with Crippen LogP contribution >= 0.6 is 22.6 Å². The molecule has 4 heteroatoms. The maximum Gasteiger partial charge on any atom is 0.128 e. The van der Waals surface area contributed by atoms with E-state index in [1.165, 1.54) is 0 Å². The molecule has 0 aromatic rings. The van der Waals surface area contributed by atoms with E-state index in [4.69, 9.17) is 14.6 Å². The molecule has 0 bridgehead atoms. The lowest BCUT2D eigenvalue weighted by atomic mass is 10.7. The van der Waals surface area contributed by atoms with Gasteiger partial charge in [0.2, 0.25) is 0 Å². The summed E-state index contributed by atoms with van der Waals surface area (Å²) in [4.78, 5) is 0. The van der Waals surface area contributed by atoms with Crippen molar-refractivity contribution in [1.29, 1.82) is 0 Å². The fourth-order valence-electron chi connectivity index (χ4n) is 0.443. The predicted molar refractivity (Wildman–Crippen MR) is 47.3 cm³/mol. The van der Waals surface area contributed by atoms with Crippen molar-refractivity contribution in [3.8, 4) is 0 Å². The summed E-state index contributed by atoms with van der Waals surface area (Å²) in [7, 11) is 0. The normalized spacial score (nSPS) is 13.5. The first-order valence-electron chi connectivity index (χ1n) is 3.25. The quantitative estimate of drug-likeness (QED) is 0.436. The van der Waals surface area contributed by atoms with E-state index in [0.717, 1.165) is 6.61 Å². The van der Waals surface area contributed by atoms with Gasteiger partial charge in [-0.2, -0.15) is 0 Å². The average Bonchev–Trinajstić information content (AvgIpc) is 1.87. The Labute approximate surface area is 74.8 Å². The molecule has 0 amide bonds. The van der Waals surface area contributed by atoms with E-state index in [9.17, 15) is 0 Å². The number of hydrogen-bond donors (Lipinski definition) is 1. The van der Waals surface area contributed by atoms with Crippen molar-refractivity contribution in [1.82, 2.24) is 0 Å². The van der Waals surface area contributed by atoms with E-state index in [1.54, 1.807) is 0 Å². The van der Waals surface area contributed by atoms with Gasteiger partial charge in [0.25, 0.3) is 0 Å². The third-order valence-corrected chi connectivity index (χ3v) is 1.19. The second kappa shape index (κ2) is 7.71. The van der Waals surface area contributed by atoms with Gasteiger partial charge >= 0.3 is 0 Å². The lowest BCUT2D eigenvalue weighted by Crippen LogP contribution is -2.11. The van der Waals surface area contributed by atoms with E-state index in [2.05, 4.69) is 0 Å². The fourth-order valence-corrected chi connectivity index (χ4v) is 0.697. The van der Waals surface area contributed by atoms with Gasteiger partial charge in [0, 0.05) is 6.61 Å². The van der Waals surface area contributed by atoms with Gasteiger partial charge in [0.1, 0.15) is 4.11 Å². The molecular formula is C6H13IO3. The van der Waals surface area contributed by atoms with Crippen molar-refractivity contribution in [2.75, 3.05) is 26.4 Å². The summed E-state index contributed by atoms with van der Waals surface area (Å²) in [6, 6.07) is 0. The summed E-state index contributed by atoms with van der Waals surface area (Å²) in [6.07, 6.45) is 0. The van der Waals surface area contributed by atoms with Crippen LogP contribution in [-0.2, 0) is 9.47 Å². The zero-order valence-corrected chi connectivity index (χ0v) is 8.20. The van der Waals surface area contributed by atoms with Crippen molar-refractivity contribution >= 4 is 22.6 Å².